The van der Waals surface area contributed by atoms with E-state index in [-0.39, 0.29) is 11.8 Å². The van der Waals surface area contributed by atoms with Crippen molar-refractivity contribution in [2.24, 2.45) is 0 Å². The second-order valence-corrected chi connectivity index (χ2v) is 7.28. The first-order chi connectivity index (χ1) is 16.0. The molecule has 2 heterocycles. The number of aromatic nitrogens is 4. The normalized spacial score (nSPS) is 10.7. The highest BCUT2D eigenvalue weighted by Gasteiger charge is 2.12. The SMILES string of the molecule is Cc1nnc(-c2cccc(C(=O)NCCCNC(=O)c3cccc(-c4nnc(C)o4)c3)c2)o1. The molecule has 0 saturated carbocycles. The zero-order valence-electron chi connectivity index (χ0n) is 18.2. The Morgan fingerprint density at radius 2 is 1.18 bits per heavy atom. The molecule has 2 aromatic heterocycles. The van der Waals surface area contributed by atoms with Gasteiger partial charge in [0.1, 0.15) is 0 Å². The van der Waals surface area contributed by atoms with Crippen molar-refractivity contribution < 1.29 is 18.4 Å². The first-order valence-corrected chi connectivity index (χ1v) is 10.4. The van der Waals surface area contributed by atoms with Crippen LogP contribution in [0.4, 0.5) is 0 Å². The predicted molar refractivity (Wildman–Crippen MR) is 118 cm³/mol. The van der Waals surface area contributed by atoms with E-state index in [4.69, 9.17) is 8.83 Å². The Labute approximate surface area is 189 Å². The molecule has 4 aromatic rings. The van der Waals surface area contributed by atoms with Crippen LogP contribution in [0.5, 0.6) is 0 Å². The molecule has 0 fully saturated rings. The fourth-order valence-corrected chi connectivity index (χ4v) is 3.11. The lowest BCUT2D eigenvalue weighted by molar-refractivity contribution is 0.0951. The molecule has 0 aliphatic heterocycles. The van der Waals surface area contributed by atoms with Crippen molar-refractivity contribution in [1.82, 2.24) is 31.0 Å². The fraction of sp³-hybridized carbons (Fsp3) is 0.217. The molecular formula is C23H22N6O4. The largest absolute Gasteiger partial charge is 0.421 e. The second kappa shape index (κ2) is 9.86. The average Bonchev–Trinajstić information content (AvgIpc) is 3.47. The van der Waals surface area contributed by atoms with E-state index in [1.54, 1.807) is 62.4 Å². The molecule has 0 spiro atoms. The maximum atomic E-state index is 12.4. The lowest BCUT2D eigenvalue weighted by Gasteiger charge is -2.08. The molecule has 0 bridgehead atoms. The van der Waals surface area contributed by atoms with Gasteiger partial charge in [0.25, 0.3) is 11.8 Å². The molecule has 2 aromatic carbocycles. The summed E-state index contributed by atoms with van der Waals surface area (Å²) in [5.74, 6) is 1.20. The minimum Gasteiger partial charge on any atom is -0.421 e. The molecule has 0 atom stereocenters. The van der Waals surface area contributed by atoms with Gasteiger partial charge < -0.3 is 19.5 Å². The van der Waals surface area contributed by atoms with Crippen LogP contribution >= 0.6 is 0 Å². The highest BCUT2D eigenvalue weighted by atomic mass is 16.4. The molecule has 2 amide bonds. The minimum atomic E-state index is -0.220. The molecular weight excluding hydrogens is 424 g/mol. The van der Waals surface area contributed by atoms with Crippen molar-refractivity contribution in [1.29, 1.82) is 0 Å². The molecule has 0 radical (unpaired) electrons. The summed E-state index contributed by atoms with van der Waals surface area (Å²) in [5.41, 5.74) is 2.32. The maximum Gasteiger partial charge on any atom is 0.251 e. The Balaban J connectivity index is 1.24. The van der Waals surface area contributed by atoms with Gasteiger partial charge in [-0.25, -0.2) is 0 Å². The van der Waals surface area contributed by atoms with Gasteiger partial charge >= 0.3 is 0 Å². The van der Waals surface area contributed by atoms with Crippen molar-refractivity contribution in [3.05, 3.63) is 71.4 Å². The Morgan fingerprint density at radius 1 is 0.727 bits per heavy atom. The molecule has 2 N–H and O–H groups in total. The summed E-state index contributed by atoms with van der Waals surface area (Å²) >= 11 is 0. The van der Waals surface area contributed by atoms with E-state index in [9.17, 15) is 9.59 Å². The number of hydrogen-bond donors (Lipinski definition) is 2. The van der Waals surface area contributed by atoms with Crippen LogP contribution in [0.3, 0.4) is 0 Å². The van der Waals surface area contributed by atoms with Gasteiger partial charge in [0, 0.05) is 49.2 Å². The third-order valence-corrected chi connectivity index (χ3v) is 4.72. The summed E-state index contributed by atoms with van der Waals surface area (Å²) in [4.78, 5) is 24.9. The fourth-order valence-electron chi connectivity index (χ4n) is 3.11. The summed E-state index contributed by atoms with van der Waals surface area (Å²) in [7, 11) is 0. The summed E-state index contributed by atoms with van der Waals surface area (Å²) in [6.45, 7) is 4.23. The quantitative estimate of drug-likeness (QED) is 0.394. The van der Waals surface area contributed by atoms with E-state index in [0.29, 0.717) is 65.3 Å². The number of amides is 2. The third kappa shape index (κ3) is 5.48. The van der Waals surface area contributed by atoms with Crippen molar-refractivity contribution >= 4 is 11.8 Å². The van der Waals surface area contributed by atoms with Crippen molar-refractivity contribution in [3.8, 4) is 22.9 Å². The van der Waals surface area contributed by atoms with Crippen LogP contribution in [-0.2, 0) is 0 Å². The standard InChI is InChI=1S/C23H22N6O4/c1-14-26-28-22(32-14)18-8-3-6-16(12-18)20(30)24-10-5-11-25-21(31)17-7-4-9-19(13-17)23-29-27-15(2)33-23/h3-4,6-9,12-13H,5,10-11H2,1-2H3,(H,24,30)(H,25,31). The van der Waals surface area contributed by atoms with Gasteiger partial charge in [0.2, 0.25) is 23.6 Å². The van der Waals surface area contributed by atoms with Gasteiger partial charge in [-0.15, -0.1) is 20.4 Å². The summed E-state index contributed by atoms with van der Waals surface area (Å²) in [5, 5.41) is 21.2. The zero-order valence-corrected chi connectivity index (χ0v) is 18.2. The number of carbonyl (C=O) groups excluding carboxylic acids is 2. The van der Waals surface area contributed by atoms with Gasteiger partial charge in [-0.1, -0.05) is 12.1 Å². The molecule has 33 heavy (non-hydrogen) atoms. The number of nitrogens with zero attached hydrogens (tertiary/aromatic N) is 4. The van der Waals surface area contributed by atoms with E-state index in [1.807, 2.05) is 0 Å². The van der Waals surface area contributed by atoms with Crippen molar-refractivity contribution in [2.45, 2.75) is 20.3 Å². The second-order valence-electron chi connectivity index (χ2n) is 7.28. The number of hydrogen-bond acceptors (Lipinski definition) is 8. The van der Waals surface area contributed by atoms with Crippen LogP contribution in [0.1, 0.15) is 38.9 Å². The van der Waals surface area contributed by atoms with Gasteiger partial charge in [-0.3, -0.25) is 9.59 Å². The Kier molecular flexibility index (Phi) is 6.53. The minimum absolute atomic E-state index is 0.220. The van der Waals surface area contributed by atoms with Crippen molar-refractivity contribution in [3.63, 3.8) is 0 Å². The van der Waals surface area contributed by atoms with Crippen molar-refractivity contribution in [2.75, 3.05) is 13.1 Å². The maximum absolute atomic E-state index is 12.4. The van der Waals surface area contributed by atoms with E-state index >= 15 is 0 Å². The molecule has 0 saturated heterocycles. The smallest absolute Gasteiger partial charge is 0.251 e. The molecule has 0 aliphatic carbocycles. The van der Waals surface area contributed by atoms with Gasteiger partial charge in [0.05, 0.1) is 0 Å². The van der Waals surface area contributed by atoms with Gasteiger partial charge in [-0.2, -0.15) is 0 Å². The van der Waals surface area contributed by atoms with Crippen LogP contribution in [0.2, 0.25) is 0 Å². The molecule has 0 unspecified atom stereocenters. The number of carbonyl (C=O) groups is 2. The predicted octanol–water partition coefficient (Wildman–Crippen LogP) is 2.95. The van der Waals surface area contributed by atoms with E-state index in [1.165, 1.54) is 0 Å². The van der Waals surface area contributed by atoms with Crippen LogP contribution in [-0.4, -0.2) is 45.3 Å². The average molecular weight is 446 g/mol. The van der Waals surface area contributed by atoms with E-state index in [2.05, 4.69) is 31.0 Å². The molecule has 10 nitrogen and oxygen atoms in total. The summed E-state index contributed by atoms with van der Waals surface area (Å²) in [6.07, 6.45) is 0.572. The van der Waals surface area contributed by atoms with Gasteiger partial charge in [-0.05, 0) is 42.8 Å². The Bertz CT molecular complexity index is 1180. The molecule has 0 aliphatic rings. The van der Waals surface area contributed by atoms with Crippen LogP contribution < -0.4 is 10.6 Å². The lowest BCUT2D eigenvalue weighted by Crippen LogP contribution is -2.29. The summed E-state index contributed by atoms with van der Waals surface area (Å²) < 4.78 is 10.8. The highest BCUT2D eigenvalue weighted by molar-refractivity contribution is 5.95. The van der Waals surface area contributed by atoms with E-state index < -0.39 is 0 Å². The number of nitrogens with one attached hydrogen (secondary N) is 2. The number of aryl methyl sites for hydroxylation is 2. The highest BCUT2D eigenvalue weighted by Crippen LogP contribution is 2.20. The third-order valence-electron chi connectivity index (χ3n) is 4.72. The monoisotopic (exact) mass is 446 g/mol. The molecule has 168 valence electrons. The van der Waals surface area contributed by atoms with Crippen LogP contribution in [0.15, 0.2) is 57.4 Å². The van der Waals surface area contributed by atoms with E-state index in [0.717, 1.165) is 0 Å². The first kappa shape index (κ1) is 21.9. The first-order valence-electron chi connectivity index (χ1n) is 10.4. The number of rotatable bonds is 8. The molecule has 10 heteroatoms. The topological polar surface area (TPSA) is 136 Å². The molecule has 4 rings (SSSR count). The Morgan fingerprint density at radius 3 is 1.58 bits per heavy atom. The van der Waals surface area contributed by atoms with Gasteiger partial charge in [0.15, 0.2) is 0 Å². The zero-order chi connectivity index (χ0) is 23.2. The lowest BCUT2D eigenvalue weighted by atomic mass is 10.1. The van der Waals surface area contributed by atoms with Crippen LogP contribution in [0.25, 0.3) is 22.9 Å². The summed E-state index contributed by atoms with van der Waals surface area (Å²) in [6, 6.07) is 13.9. The Hall–Kier alpha value is -4.34. The number of benzene rings is 2. The van der Waals surface area contributed by atoms with Crippen LogP contribution in [0, 0.1) is 13.8 Å².